The third-order valence-electron chi connectivity index (χ3n) is 4.00. The molecule has 1 aromatic heterocycles. The number of rotatable bonds is 5. The summed E-state index contributed by atoms with van der Waals surface area (Å²) in [6, 6.07) is 4.14. The van der Waals surface area contributed by atoms with Gasteiger partial charge in [-0.2, -0.15) is 0 Å². The Kier molecular flexibility index (Phi) is 4.10. The third-order valence-corrected chi connectivity index (χ3v) is 4.00. The van der Waals surface area contributed by atoms with Gasteiger partial charge < -0.3 is 15.4 Å². The molecular weight excluding hydrogens is 266 g/mol. The predicted molar refractivity (Wildman–Crippen MR) is 81.3 cm³/mol. The summed E-state index contributed by atoms with van der Waals surface area (Å²) in [5, 5.41) is 6.31. The summed E-state index contributed by atoms with van der Waals surface area (Å²) in [6.45, 7) is 4.86. The van der Waals surface area contributed by atoms with Gasteiger partial charge in [0.05, 0.1) is 17.7 Å². The van der Waals surface area contributed by atoms with Crippen LogP contribution in [0.3, 0.4) is 0 Å². The Balaban J connectivity index is 1.59. The van der Waals surface area contributed by atoms with E-state index in [0.717, 1.165) is 18.8 Å². The minimum Gasteiger partial charge on any atom is -0.376 e. The molecule has 1 saturated heterocycles. The Bertz CT molecular complexity index is 497. The van der Waals surface area contributed by atoms with Crippen molar-refractivity contribution >= 4 is 11.7 Å². The van der Waals surface area contributed by atoms with E-state index >= 15 is 0 Å². The largest absolute Gasteiger partial charge is 0.376 e. The van der Waals surface area contributed by atoms with Gasteiger partial charge in [-0.15, -0.1) is 0 Å². The van der Waals surface area contributed by atoms with Gasteiger partial charge in [0.25, 0.3) is 5.91 Å². The number of pyridine rings is 1. The molecule has 114 valence electrons. The molecule has 5 heteroatoms. The lowest BCUT2D eigenvalue weighted by molar-refractivity contribution is 0.0729. The SMILES string of the molecule is CC(C)Nc1ccc(C(=O)NC2CCOC2C2CC2)cn1. The van der Waals surface area contributed by atoms with E-state index in [9.17, 15) is 4.79 Å². The fraction of sp³-hybridized carbons (Fsp3) is 0.625. The number of anilines is 1. The lowest BCUT2D eigenvalue weighted by atomic mass is 10.1. The molecule has 5 nitrogen and oxygen atoms in total. The Morgan fingerprint density at radius 3 is 2.76 bits per heavy atom. The molecular formula is C16H23N3O2. The minimum atomic E-state index is -0.0558. The van der Waals surface area contributed by atoms with Crippen molar-refractivity contribution in [3.63, 3.8) is 0 Å². The molecule has 1 aliphatic heterocycles. The number of carbonyl (C=O) groups is 1. The average molecular weight is 289 g/mol. The van der Waals surface area contributed by atoms with Crippen LogP contribution in [0.1, 0.15) is 43.5 Å². The van der Waals surface area contributed by atoms with Crippen LogP contribution in [0.4, 0.5) is 5.82 Å². The summed E-state index contributed by atoms with van der Waals surface area (Å²) >= 11 is 0. The highest BCUT2D eigenvalue weighted by atomic mass is 16.5. The molecule has 1 aliphatic carbocycles. The highest BCUT2D eigenvalue weighted by Gasteiger charge is 2.41. The number of aromatic nitrogens is 1. The second-order valence-corrected chi connectivity index (χ2v) is 6.27. The number of nitrogens with zero attached hydrogens (tertiary/aromatic N) is 1. The van der Waals surface area contributed by atoms with Crippen LogP contribution in [0, 0.1) is 5.92 Å². The quantitative estimate of drug-likeness (QED) is 0.872. The smallest absolute Gasteiger partial charge is 0.253 e. The summed E-state index contributed by atoms with van der Waals surface area (Å²) in [4.78, 5) is 16.6. The van der Waals surface area contributed by atoms with Gasteiger partial charge in [0.15, 0.2) is 0 Å². The Morgan fingerprint density at radius 1 is 1.33 bits per heavy atom. The molecule has 0 aromatic carbocycles. The van der Waals surface area contributed by atoms with Crippen molar-refractivity contribution in [3.8, 4) is 0 Å². The van der Waals surface area contributed by atoms with Crippen LogP contribution in [-0.2, 0) is 4.74 Å². The highest BCUT2D eigenvalue weighted by Crippen LogP contribution is 2.38. The van der Waals surface area contributed by atoms with Crippen molar-refractivity contribution < 1.29 is 9.53 Å². The van der Waals surface area contributed by atoms with Gasteiger partial charge in [-0.1, -0.05) is 0 Å². The molecule has 2 atom stereocenters. The molecule has 0 spiro atoms. The second-order valence-electron chi connectivity index (χ2n) is 6.27. The number of amides is 1. The van der Waals surface area contributed by atoms with Crippen molar-refractivity contribution in [1.82, 2.24) is 10.3 Å². The van der Waals surface area contributed by atoms with E-state index in [1.807, 2.05) is 12.1 Å². The monoisotopic (exact) mass is 289 g/mol. The van der Waals surface area contributed by atoms with E-state index in [4.69, 9.17) is 4.74 Å². The second kappa shape index (κ2) is 6.02. The van der Waals surface area contributed by atoms with Gasteiger partial charge >= 0.3 is 0 Å². The molecule has 2 unspecified atom stereocenters. The van der Waals surface area contributed by atoms with Crippen molar-refractivity contribution in [1.29, 1.82) is 0 Å². The number of ether oxygens (including phenoxy) is 1. The summed E-state index contributed by atoms with van der Waals surface area (Å²) < 4.78 is 5.75. The van der Waals surface area contributed by atoms with Gasteiger partial charge in [0.1, 0.15) is 5.82 Å². The van der Waals surface area contributed by atoms with Crippen LogP contribution in [0.15, 0.2) is 18.3 Å². The van der Waals surface area contributed by atoms with Crippen LogP contribution in [0.5, 0.6) is 0 Å². The number of nitrogens with one attached hydrogen (secondary N) is 2. The first-order valence-electron chi connectivity index (χ1n) is 7.78. The number of carbonyl (C=O) groups excluding carboxylic acids is 1. The molecule has 2 fully saturated rings. The molecule has 3 rings (SSSR count). The average Bonchev–Trinajstić information content (AvgIpc) is 3.19. The molecule has 1 aromatic rings. The fourth-order valence-corrected chi connectivity index (χ4v) is 2.82. The van der Waals surface area contributed by atoms with Crippen LogP contribution in [0.25, 0.3) is 0 Å². The zero-order valence-corrected chi connectivity index (χ0v) is 12.6. The standard InChI is InChI=1S/C16H23N3O2/c1-10(2)18-14-6-5-12(9-17-14)16(20)19-13-7-8-21-15(13)11-3-4-11/h5-6,9-11,13,15H,3-4,7-8H2,1-2H3,(H,17,18)(H,19,20). The zero-order chi connectivity index (χ0) is 14.8. The van der Waals surface area contributed by atoms with Crippen LogP contribution in [0.2, 0.25) is 0 Å². The van der Waals surface area contributed by atoms with E-state index in [0.29, 0.717) is 17.5 Å². The summed E-state index contributed by atoms with van der Waals surface area (Å²) in [5.74, 6) is 1.38. The molecule has 2 heterocycles. The lowest BCUT2D eigenvalue weighted by Gasteiger charge is -2.19. The molecule has 2 aliphatic rings. The van der Waals surface area contributed by atoms with Crippen LogP contribution < -0.4 is 10.6 Å². The highest BCUT2D eigenvalue weighted by molar-refractivity contribution is 5.94. The first-order chi connectivity index (χ1) is 10.1. The van der Waals surface area contributed by atoms with Crippen molar-refractivity contribution in [2.24, 2.45) is 5.92 Å². The predicted octanol–water partition coefficient (Wildman–Crippen LogP) is 2.20. The molecule has 0 radical (unpaired) electrons. The minimum absolute atomic E-state index is 0.0558. The summed E-state index contributed by atoms with van der Waals surface area (Å²) in [5.41, 5.74) is 0.603. The number of hydrogen-bond acceptors (Lipinski definition) is 4. The van der Waals surface area contributed by atoms with Crippen LogP contribution in [-0.4, -0.2) is 35.7 Å². The van der Waals surface area contributed by atoms with Gasteiger partial charge in [-0.25, -0.2) is 4.98 Å². The number of hydrogen-bond donors (Lipinski definition) is 2. The van der Waals surface area contributed by atoms with E-state index in [1.165, 1.54) is 12.8 Å². The molecule has 21 heavy (non-hydrogen) atoms. The van der Waals surface area contributed by atoms with E-state index in [1.54, 1.807) is 6.20 Å². The molecule has 0 bridgehead atoms. The van der Waals surface area contributed by atoms with Crippen molar-refractivity contribution in [2.75, 3.05) is 11.9 Å². The first-order valence-corrected chi connectivity index (χ1v) is 7.78. The maximum absolute atomic E-state index is 12.3. The van der Waals surface area contributed by atoms with Gasteiger partial charge in [-0.3, -0.25) is 4.79 Å². The molecule has 2 N–H and O–H groups in total. The Hall–Kier alpha value is -1.62. The molecule has 1 amide bonds. The zero-order valence-electron chi connectivity index (χ0n) is 12.6. The normalized spacial score (nSPS) is 25.1. The van der Waals surface area contributed by atoms with Gasteiger partial charge in [0, 0.05) is 18.8 Å². The lowest BCUT2D eigenvalue weighted by Crippen LogP contribution is -2.41. The van der Waals surface area contributed by atoms with Gasteiger partial charge in [-0.05, 0) is 51.2 Å². The first kappa shape index (κ1) is 14.3. The van der Waals surface area contributed by atoms with E-state index in [2.05, 4.69) is 29.5 Å². The summed E-state index contributed by atoms with van der Waals surface area (Å²) in [7, 11) is 0. The van der Waals surface area contributed by atoms with Gasteiger partial charge in [0.2, 0.25) is 0 Å². The van der Waals surface area contributed by atoms with Crippen molar-refractivity contribution in [2.45, 2.75) is 51.3 Å². The van der Waals surface area contributed by atoms with E-state index < -0.39 is 0 Å². The van der Waals surface area contributed by atoms with E-state index in [-0.39, 0.29) is 18.1 Å². The fourth-order valence-electron chi connectivity index (χ4n) is 2.82. The Morgan fingerprint density at radius 2 is 2.14 bits per heavy atom. The Labute approximate surface area is 125 Å². The molecule has 1 saturated carbocycles. The van der Waals surface area contributed by atoms with Crippen LogP contribution >= 0.6 is 0 Å². The maximum Gasteiger partial charge on any atom is 0.253 e. The topological polar surface area (TPSA) is 63.2 Å². The third kappa shape index (κ3) is 3.53. The summed E-state index contributed by atoms with van der Waals surface area (Å²) in [6.07, 6.45) is 5.21. The van der Waals surface area contributed by atoms with Crippen molar-refractivity contribution in [3.05, 3.63) is 23.9 Å². The maximum atomic E-state index is 12.3.